The largest absolute Gasteiger partial charge is 0.392 e. The number of pyridine rings is 1. The smallest absolute Gasteiger partial charge is 0.0671 e. The third-order valence-electron chi connectivity index (χ3n) is 2.38. The zero-order valence-corrected chi connectivity index (χ0v) is 12.1. The molecule has 0 saturated heterocycles. The van der Waals surface area contributed by atoms with Gasteiger partial charge in [-0.2, -0.15) is 11.8 Å². The quantitative estimate of drug-likeness (QED) is 0.875. The molecule has 0 amide bonds. The van der Waals surface area contributed by atoms with Crippen molar-refractivity contribution in [3.05, 3.63) is 28.5 Å². The fourth-order valence-electron chi connectivity index (χ4n) is 1.29. The Labute approximate surface area is 110 Å². The zero-order valence-electron chi connectivity index (χ0n) is 9.69. The molecule has 0 aromatic carbocycles. The molecule has 1 aromatic heterocycles. The van der Waals surface area contributed by atoms with Gasteiger partial charge in [-0.3, -0.25) is 4.98 Å². The van der Waals surface area contributed by atoms with Crippen molar-refractivity contribution in [3.8, 4) is 0 Å². The highest BCUT2D eigenvalue weighted by Crippen LogP contribution is 2.17. The van der Waals surface area contributed by atoms with Crippen molar-refractivity contribution >= 4 is 27.7 Å². The van der Waals surface area contributed by atoms with Crippen molar-refractivity contribution in [2.75, 3.05) is 5.75 Å². The lowest BCUT2D eigenvalue weighted by Gasteiger charge is -2.13. The Morgan fingerprint density at radius 3 is 2.88 bits per heavy atom. The van der Waals surface area contributed by atoms with Crippen LogP contribution in [0.3, 0.4) is 0 Å². The normalized spacial score (nSPS) is 14.8. The molecule has 0 saturated carbocycles. The van der Waals surface area contributed by atoms with Crippen LogP contribution in [0.1, 0.15) is 25.8 Å². The first kappa shape index (κ1) is 14.0. The van der Waals surface area contributed by atoms with Crippen molar-refractivity contribution in [2.45, 2.75) is 38.0 Å². The molecule has 0 aliphatic heterocycles. The molecule has 90 valence electrons. The van der Waals surface area contributed by atoms with E-state index in [9.17, 15) is 5.11 Å². The molecule has 0 bridgehead atoms. The predicted octanol–water partition coefficient (Wildman–Crippen LogP) is 3.28. The summed E-state index contributed by atoms with van der Waals surface area (Å²) in [5.41, 5.74) is 1.08. The first-order valence-corrected chi connectivity index (χ1v) is 7.35. The first-order chi connectivity index (χ1) is 7.61. The van der Waals surface area contributed by atoms with E-state index in [-0.39, 0.29) is 6.10 Å². The summed E-state index contributed by atoms with van der Waals surface area (Å²) >= 11 is 5.20. The molecule has 2 nitrogen and oxygen atoms in total. The Morgan fingerprint density at radius 1 is 1.50 bits per heavy atom. The number of aromatic nitrogens is 1. The maximum absolute atomic E-state index is 9.87. The van der Waals surface area contributed by atoms with E-state index in [2.05, 4.69) is 34.8 Å². The van der Waals surface area contributed by atoms with E-state index in [1.54, 1.807) is 6.20 Å². The highest BCUT2D eigenvalue weighted by atomic mass is 79.9. The summed E-state index contributed by atoms with van der Waals surface area (Å²) in [6.45, 7) is 4.36. The second kappa shape index (κ2) is 7.30. The van der Waals surface area contributed by atoms with Gasteiger partial charge in [0.05, 0.1) is 6.10 Å². The Bertz CT molecular complexity index is 322. The molecule has 2 atom stereocenters. The van der Waals surface area contributed by atoms with Crippen molar-refractivity contribution < 1.29 is 5.11 Å². The van der Waals surface area contributed by atoms with Crippen LogP contribution >= 0.6 is 27.7 Å². The van der Waals surface area contributed by atoms with Gasteiger partial charge in [-0.25, -0.2) is 0 Å². The molecule has 1 N–H and O–H groups in total. The number of halogens is 1. The summed E-state index contributed by atoms with van der Waals surface area (Å²) in [5, 5.41) is 10.5. The highest BCUT2D eigenvalue weighted by molar-refractivity contribution is 9.10. The summed E-state index contributed by atoms with van der Waals surface area (Å²) in [6, 6.07) is 2.00. The molecular weight excluding hydrogens is 286 g/mol. The van der Waals surface area contributed by atoms with Crippen molar-refractivity contribution in [3.63, 3.8) is 0 Å². The van der Waals surface area contributed by atoms with Crippen LogP contribution in [0.4, 0.5) is 0 Å². The zero-order chi connectivity index (χ0) is 12.0. The lowest BCUT2D eigenvalue weighted by molar-refractivity contribution is 0.200. The van der Waals surface area contributed by atoms with Gasteiger partial charge < -0.3 is 5.11 Å². The van der Waals surface area contributed by atoms with Crippen molar-refractivity contribution in [2.24, 2.45) is 0 Å². The number of hydrogen-bond donors (Lipinski definition) is 1. The van der Waals surface area contributed by atoms with Crippen LogP contribution in [0.25, 0.3) is 0 Å². The topological polar surface area (TPSA) is 33.1 Å². The van der Waals surface area contributed by atoms with Crippen LogP contribution in [0.15, 0.2) is 22.9 Å². The van der Waals surface area contributed by atoms with Crippen molar-refractivity contribution in [1.82, 2.24) is 4.98 Å². The van der Waals surface area contributed by atoms with E-state index in [0.29, 0.717) is 11.7 Å². The fourth-order valence-corrected chi connectivity index (χ4v) is 2.61. The van der Waals surface area contributed by atoms with E-state index in [1.807, 2.05) is 24.0 Å². The summed E-state index contributed by atoms with van der Waals surface area (Å²) in [4.78, 5) is 4.08. The van der Waals surface area contributed by atoms with E-state index in [0.717, 1.165) is 22.2 Å². The Morgan fingerprint density at radius 2 is 2.25 bits per heavy atom. The molecule has 1 aromatic rings. The SMILES string of the molecule is CCC(C)SCC(O)Cc1cncc(Br)c1. The van der Waals surface area contributed by atoms with Crippen molar-refractivity contribution in [1.29, 1.82) is 0 Å². The van der Waals surface area contributed by atoms with Crippen LogP contribution in [-0.4, -0.2) is 27.2 Å². The Hall–Kier alpha value is -0.0600. The number of hydrogen-bond acceptors (Lipinski definition) is 3. The van der Waals surface area contributed by atoms with E-state index in [1.165, 1.54) is 0 Å². The number of thioether (sulfide) groups is 1. The van der Waals surface area contributed by atoms with Gasteiger partial charge in [0, 0.05) is 34.3 Å². The molecule has 1 rings (SSSR count). The van der Waals surface area contributed by atoms with Gasteiger partial charge >= 0.3 is 0 Å². The molecule has 0 aliphatic rings. The molecule has 4 heteroatoms. The molecule has 0 aliphatic carbocycles. The Balaban J connectivity index is 2.36. The van der Waals surface area contributed by atoms with Gasteiger partial charge in [0.2, 0.25) is 0 Å². The molecule has 0 radical (unpaired) electrons. The average Bonchev–Trinajstić information content (AvgIpc) is 2.26. The minimum atomic E-state index is -0.282. The number of nitrogens with zero attached hydrogens (tertiary/aromatic N) is 1. The number of aliphatic hydroxyl groups is 1. The standard InChI is InChI=1S/C12H18BrNOS/c1-3-9(2)16-8-12(15)5-10-4-11(13)7-14-6-10/h4,6-7,9,12,15H,3,5,8H2,1-2H3. The number of aliphatic hydroxyl groups excluding tert-OH is 1. The lowest BCUT2D eigenvalue weighted by atomic mass is 10.1. The third-order valence-corrected chi connectivity index (χ3v) is 4.29. The third kappa shape index (κ3) is 5.32. The van der Waals surface area contributed by atoms with Gasteiger partial charge in [0.1, 0.15) is 0 Å². The molecule has 0 fully saturated rings. The summed E-state index contributed by atoms with van der Waals surface area (Å²) < 4.78 is 0.965. The fraction of sp³-hybridized carbons (Fsp3) is 0.583. The van der Waals surface area contributed by atoms with Gasteiger partial charge in [0.25, 0.3) is 0 Å². The molecule has 0 spiro atoms. The van der Waals surface area contributed by atoms with Crippen LogP contribution in [-0.2, 0) is 6.42 Å². The monoisotopic (exact) mass is 303 g/mol. The molecule has 1 heterocycles. The van der Waals surface area contributed by atoms with Gasteiger partial charge in [-0.05, 0) is 34.0 Å². The van der Waals surface area contributed by atoms with Crippen LogP contribution in [0.5, 0.6) is 0 Å². The number of rotatable bonds is 6. The highest BCUT2D eigenvalue weighted by Gasteiger charge is 2.08. The second-order valence-electron chi connectivity index (χ2n) is 3.92. The Kier molecular flexibility index (Phi) is 6.39. The van der Waals surface area contributed by atoms with Crippen LogP contribution < -0.4 is 0 Å². The lowest BCUT2D eigenvalue weighted by Crippen LogP contribution is -2.15. The molecular formula is C12H18BrNOS. The average molecular weight is 304 g/mol. The summed E-state index contributed by atoms with van der Waals surface area (Å²) in [5.74, 6) is 0.793. The minimum Gasteiger partial charge on any atom is -0.392 e. The van der Waals surface area contributed by atoms with Crippen LogP contribution in [0.2, 0.25) is 0 Å². The maximum atomic E-state index is 9.87. The summed E-state index contributed by atoms with van der Waals surface area (Å²) in [7, 11) is 0. The minimum absolute atomic E-state index is 0.282. The van der Waals surface area contributed by atoms with Crippen LogP contribution in [0, 0.1) is 0 Å². The first-order valence-electron chi connectivity index (χ1n) is 5.51. The van der Waals surface area contributed by atoms with Gasteiger partial charge in [-0.15, -0.1) is 0 Å². The summed E-state index contributed by atoms with van der Waals surface area (Å²) in [6.07, 6.45) is 5.10. The maximum Gasteiger partial charge on any atom is 0.0671 e. The predicted molar refractivity (Wildman–Crippen MR) is 73.9 cm³/mol. The van der Waals surface area contributed by atoms with Gasteiger partial charge in [0.15, 0.2) is 0 Å². The van der Waals surface area contributed by atoms with E-state index in [4.69, 9.17) is 0 Å². The molecule has 16 heavy (non-hydrogen) atoms. The van der Waals surface area contributed by atoms with E-state index < -0.39 is 0 Å². The second-order valence-corrected chi connectivity index (χ2v) is 6.31. The van der Waals surface area contributed by atoms with E-state index >= 15 is 0 Å². The van der Waals surface area contributed by atoms with Gasteiger partial charge in [-0.1, -0.05) is 13.8 Å². The molecule has 2 unspecified atom stereocenters.